The third-order valence-corrected chi connectivity index (χ3v) is 8.93. The predicted molar refractivity (Wildman–Crippen MR) is 161 cm³/mol. The number of sulfonamides is 1. The molecule has 3 rings (SSSR count). The zero-order valence-electron chi connectivity index (χ0n) is 22.3. The van der Waals surface area contributed by atoms with Crippen LogP contribution < -0.4 is 9.62 Å². The summed E-state index contributed by atoms with van der Waals surface area (Å²) in [5, 5.41) is 4.00. The minimum Gasteiger partial charge on any atom is -0.354 e. The first-order valence-electron chi connectivity index (χ1n) is 12.9. The summed E-state index contributed by atoms with van der Waals surface area (Å²) in [6.45, 7) is 3.73. The Morgan fingerprint density at radius 1 is 0.900 bits per heavy atom. The Kier molecular flexibility index (Phi) is 11.7. The second-order valence-electron chi connectivity index (χ2n) is 9.13. The molecule has 0 aromatic heterocycles. The molecule has 3 aromatic rings. The van der Waals surface area contributed by atoms with Crippen molar-refractivity contribution in [3.63, 3.8) is 0 Å². The van der Waals surface area contributed by atoms with E-state index in [4.69, 9.17) is 34.8 Å². The summed E-state index contributed by atoms with van der Waals surface area (Å²) in [7, 11) is -4.23. The van der Waals surface area contributed by atoms with Crippen molar-refractivity contribution in [1.29, 1.82) is 0 Å². The van der Waals surface area contributed by atoms with Gasteiger partial charge in [-0.1, -0.05) is 79.3 Å². The molecule has 0 heterocycles. The number of carbonyl (C=O) groups excluding carboxylic acids is 2. The largest absolute Gasteiger partial charge is 0.354 e. The Bertz CT molecular complexity index is 1420. The van der Waals surface area contributed by atoms with Gasteiger partial charge in [0.15, 0.2) is 0 Å². The Morgan fingerprint density at radius 2 is 1.60 bits per heavy atom. The summed E-state index contributed by atoms with van der Waals surface area (Å²) in [5.74, 6) is -0.888. The first kappa shape index (κ1) is 31.7. The van der Waals surface area contributed by atoms with Crippen LogP contribution in [0.4, 0.5) is 5.69 Å². The lowest BCUT2D eigenvalue weighted by Gasteiger charge is -2.33. The van der Waals surface area contributed by atoms with Crippen LogP contribution in [0, 0.1) is 0 Å². The molecule has 0 aliphatic carbocycles. The second-order valence-corrected chi connectivity index (χ2v) is 12.3. The van der Waals surface area contributed by atoms with E-state index in [0.717, 1.165) is 17.1 Å². The number of hydrogen-bond donors (Lipinski definition) is 1. The van der Waals surface area contributed by atoms with Gasteiger partial charge < -0.3 is 10.2 Å². The van der Waals surface area contributed by atoms with Gasteiger partial charge in [-0.25, -0.2) is 8.42 Å². The smallest absolute Gasteiger partial charge is 0.264 e. The van der Waals surface area contributed by atoms with Gasteiger partial charge in [-0.2, -0.15) is 0 Å². The summed E-state index contributed by atoms with van der Waals surface area (Å²) in [5.41, 5.74) is 0.834. The molecular weight excluding hydrogens is 593 g/mol. The van der Waals surface area contributed by atoms with E-state index < -0.39 is 28.5 Å². The summed E-state index contributed by atoms with van der Waals surface area (Å²) < 4.78 is 28.7. The molecule has 0 radical (unpaired) electrons. The van der Waals surface area contributed by atoms with E-state index in [0.29, 0.717) is 33.6 Å². The predicted octanol–water partition coefficient (Wildman–Crippen LogP) is 6.57. The summed E-state index contributed by atoms with van der Waals surface area (Å²) in [6.07, 6.45) is 2.01. The fraction of sp³-hybridized carbons (Fsp3) is 0.310. The molecule has 1 atom stereocenters. The quantitative estimate of drug-likeness (QED) is 0.218. The molecule has 1 N–H and O–H groups in total. The number of benzene rings is 3. The molecular formula is C29H32Cl3N3O4S. The van der Waals surface area contributed by atoms with Crippen LogP contribution >= 0.6 is 34.8 Å². The molecule has 40 heavy (non-hydrogen) atoms. The van der Waals surface area contributed by atoms with Crippen LogP contribution in [0.5, 0.6) is 0 Å². The lowest BCUT2D eigenvalue weighted by atomic mass is 10.1. The zero-order valence-corrected chi connectivity index (χ0v) is 25.4. The number of anilines is 1. The monoisotopic (exact) mass is 623 g/mol. The maximum atomic E-state index is 14.0. The number of rotatable bonds is 13. The highest BCUT2D eigenvalue weighted by molar-refractivity contribution is 7.92. The Labute approximate surface area is 251 Å². The van der Waals surface area contributed by atoms with Gasteiger partial charge in [0.2, 0.25) is 11.8 Å². The van der Waals surface area contributed by atoms with Crippen molar-refractivity contribution >= 4 is 62.3 Å². The minimum atomic E-state index is -4.23. The molecule has 0 saturated heterocycles. The van der Waals surface area contributed by atoms with Gasteiger partial charge in [-0.3, -0.25) is 13.9 Å². The number of hydrogen-bond acceptors (Lipinski definition) is 4. The molecule has 3 aromatic carbocycles. The van der Waals surface area contributed by atoms with Crippen LogP contribution in [0.15, 0.2) is 77.7 Å². The van der Waals surface area contributed by atoms with Crippen LogP contribution in [-0.4, -0.2) is 44.3 Å². The highest BCUT2D eigenvalue weighted by atomic mass is 35.5. The maximum Gasteiger partial charge on any atom is 0.264 e. The van der Waals surface area contributed by atoms with Crippen molar-refractivity contribution in [2.75, 3.05) is 17.4 Å². The normalized spacial score (nSPS) is 12.0. The van der Waals surface area contributed by atoms with E-state index in [1.54, 1.807) is 49.4 Å². The number of halogens is 3. The molecule has 0 unspecified atom stereocenters. The van der Waals surface area contributed by atoms with E-state index in [1.165, 1.54) is 35.2 Å². The van der Waals surface area contributed by atoms with Gasteiger partial charge in [-0.05, 0) is 66.9 Å². The van der Waals surface area contributed by atoms with Crippen molar-refractivity contribution < 1.29 is 18.0 Å². The Hall–Kier alpha value is -2.78. The van der Waals surface area contributed by atoms with Crippen LogP contribution in [0.2, 0.25) is 15.1 Å². The molecule has 2 amide bonds. The third-order valence-electron chi connectivity index (χ3n) is 6.29. The van der Waals surface area contributed by atoms with E-state index in [1.807, 2.05) is 6.92 Å². The van der Waals surface area contributed by atoms with Crippen molar-refractivity contribution in [2.45, 2.75) is 50.6 Å². The number of carbonyl (C=O) groups is 2. The van der Waals surface area contributed by atoms with Crippen molar-refractivity contribution in [3.05, 3.63) is 93.4 Å². The Balaban J connectivity index is 2.05. The lowest BCUT2D eigenvalue weighted by molar-refractivity contribution is -0.140. The van der Waals surface area contributed by atoms with Gasteiger partial charge in [0, 0.05) is 28.2 Å². The van der Waals surface area contributed by atoms with E-state index in [2.05, 4.69) is 5.32 Å². The molecule has 0 saturated carbocycles. The lowest BCUT2D eigenvalue weighted by Crippen LogP contribution is -2.52. The van der Waals surface area contributed by atoms with Gasteiger partial charge in [0.25, 0.3) is 10.0 Å². The molecule has 0 bridgehead atoms. The molecule has 11 heteroatoms. The molecule has 0 aliphatic rings. The van der Waals surface area contributed by atoms with E-state index in [-0.39, 0.29) is 23.0 Å². The van der Waals surface area contributed by atoms with Gasteiger partial charge in [0.1, 0.15) is 12.6 Å². The number of unbranched alkanes of at least 4 members (excludes halogenated alkanes) is 1. The molecule has 0 spiro atoms. The zero-order chi connectivity index (χ0) is 29.3. The fourth-order valence-corrected chi connectivity index (χ4v) is 6.04. The van der Waals surface area contributed by atoms with Crippen LogP contribution in [0.1, 0.15) is 38.7 Å². The summed E-state index contributed by atoms with van der Waals surface area (Å²) in [4.78, 5) is 28.6. The van der Waals surface area contributed by atoms with Crippen LogP contribution in [0.25, 0.3) is 0 Å². The number of amides is 2. The highest BCUT2D eigenvalue weighted by Gasteiger charge is 2.34. The van der Waals surface area contributed by atoms with Crippen molar-refractivity contribution in [3.8, 4) is 0 Å². The average molecular weight is 625 g/mol. The molecule has 0 aliphatic heterocycles. The van der Waals surface area contributed by atoms with Crippen LogP contribution in [-0.2, 0) is 26.2 Å². The fourth-order valence-electron chi connectivity index (χ4n) is 4.13. The average Bonchev–Trinajstić information content (AvgIpc) is 2.92. The topological polar surface area (TPSA) is 86.8 Å². The minimum absolute atomic E-state index is 0.0165. The van der Waals surface area contributed by atoms with E-state index >= 15 is 0 Å². The highest BCUT2D eigenvalue weighted by Crippen LogP contribution is 2.28. The molecule has 7 nitrogen and oxygen atoms in total. The maximum absolute atomic E-state index is 14.0. The third kappa shape index (κ3) is 8.13. The molecule has 0 fully saturated rings. The summed E-state index contributed by atoms with van der Waals surface area (Å²) >= 11 is 18.6. The first-order valence-corrected chi connectivity index (χ1v) is 15.5. The number of nitrogens with zero attached hydrogens (tertiary/aromatic N) is 2. The van der Waals surface area contributed by atoms with E-state index in [9.17, 15) is 18.0 Å². The SMILES string of the molecule is CCCCNC(=O)[C@H](CC)N(Cc1ccccc1Cl)C(=O)CN(c1cccc(Cl)c1)S(=O)(=O)c1ccc(Cl)cc1. The van der Waals surface area contributed by atoms with Crippen molar-refractivity contribution in [1.82, 2.24) is 10.2 Å². The second kappa shape index (κ2) is 14.7. The van der Waals surface area contributed by atoms with Crippen LogP contribution in [0.3, 0.4) is 0 Å². The molecule has 214 valence electrons. The van der Waals surface area contributed by atoms with Gasteiger partial charge >= 0.3 is 0 Å². The van der Waals surface area contributed by atoms with Gasteiger partial charge in [-0.15, -0.1) is 0 Å². The van der Waals surface area contributed by atoms with Gasteiger partial charge in [0.05, 0.1) is 10.6 Å². The van der Waals surface area contributed by atoms with Crippen molar-refractivity contribution in [2.24, 2.45) is 0 Å². The standard InChI is InChI=1S/C29H32Cl3N3O4S/c1-3-5-17-33-29(37)27(4-2)34(19-21-9-6-7-12-26(21)32)28(36)20-35(24-11-8-10-23(31)18-24)40(38,39)25-15-13-22(30)14-16-25/h6-16,18,27H,3-5,17,19-20H2,1-2H3,(H,33,37)/t27-/m0/s1. The number of nitrogens with one attached hydrogen (secondary N) is 1. The first-order chi connectivity index (χ1) is 19.1. The summed E-state index contributed by atoms with van der Waals surface area (Å²) in [6, 6.07) is 18.1. The Morgan fingerprint density at radius 3 is 2.23 bits per heavy atom.